The summed E-state index contributed by atoms with van der Waals surface area (Å²) in [6.07, 6.45) is 0.721. The Hall–Kier alpha value is -0.610. The van der Waals surface area contributed by atoms with Gasteiger partial charge in [0.2, 0.25) is 5.91 Å². The summed E-state index contributed by atoms with van der Waals surface area (Å²) in [6, 6.07) is -0.392. The van der Waals surface area contributed by atoms with Crippen LogP contribution in [0.4, 0.5) is 0 Å². The molecule has 0 aromatic carbocycles. The molecule has 4 heteroatoms. The molecule has 0 heterocycles. The summed E-state index contributed by atoms with van der Waals surface area (Å²) in [5, 5.41) is 2.70. The molecule has 0 bridgehead atoms. The van der Waals surface area contributed by atoms with E-state index in [1.165, 1.54) is 0 Å². The van der Waals surface area contributed by atoms with Gasteiger partial charge < -0.3 is 15.8 Å². The van der Waals surface area contributed by atoms with Crippen molar-refractivity contribution < 1.29 is 9.53 Å². The molecule has 0 aromatic rings. The van der Waals surface area contributed by atoms with Crippen molar-refractivity contribution in [1.82, 2.24) is 5.32 Å². The topological polar surface area (TPSA) is 64.3 Å². The Bertz CT molecular complexity index is 149. The van der Waals surface area contributed by atoms with Gasteiger partial charge in [0, 0.05) is 13.7 Å². The molecule has 0 aliphatic rings. The second kappa shape index (κ2) is 6.86. The molecule has 0 aliphatic carbocycles. The number of hydrogen-bond donors (Lipinski definition) is 2. The highest BCUT2D eigenvalue weighted by Gasteiger charge is 2.13. The van der Waals surface area contributed by atoms with E-state index in [2.05, 4.69) is 5.32 Å². The predicted molar refractivity (Wildman–Crippen MR) is 52.3 cm³/mol. The average molecular weight is 188 g/mol. The number of amides is 1. The molecule has 0 aromatic heterocycles. The minimum Gasteiger partial charge on any atom is -0.383 e. The van der Waals surface area contributed by atoms with Gasteiger partial charge in [0.25, 0.3) is 0 Å². The smallest absolute Gasteiger partial charge is 0.237 e. The van der Waals surface area contributed by atoms with Crippen LogP contribution in [-0.4, -0.2) is 32.2 Å². The highest BCUT2D eigenvalue weighted by molar-refractivity contribution is 5.81. The maximum absolute atomic E-state index is 11.3. The Labute approximate surface area is 79.8 Å². The zero-order valence-corrected chi connectivity index (χ0v) is 8.67. The van der Waals surface area contributed by atoms with Gasteiger partial charge in [-0.25, -0.2) is 0 Å². The summed E-state index contributed by atoms with van der Waals surface area (Å²) in [5.74, 6) is 0.355. The zero-order chi connectivity index (χ0) is 10.3. The van der Waals surface area contributed by atoms with Crippen LogP contribution in [-0.2, 0) is 9.53 Å². The molecule has 4 nitrogen and oxygen atoms in total. The normalized spacial score (nSPS) is 13.0. The number of ether oxygens (including phenoxy) is 1. The first-order valence-electron chi connectivity index (χ1n) is 4.60. The van der Waals surface area contributed by atoms with Crippen molar-refractivity contribution in [2.45, 2.75) is 26.3 Å². The van der Waals surface area contributed by atoms with Gasteiger partial charge in [-0.1, -0.05) is 13.8 Å². The first kappa shape index (κ1) is 12.4. The third-order valence-corrected chi connectivity index (χ3v) is 1.67. The molecule has 1 amide bonds. The van der Waals surface area contributed by atoms with Gasteiger partial charge in [0.05, 0.1) is 12.6 Å². The van der Waals surface area contributed by atoms with E-state index in [0.29, 0.717) is 19.1 Å². The van der Waals surface area contributed by atoms with Crippen LogP contribution in [0, 0.1) is 5.92 Å². The fourth-order valence-corrected chi connectivity index (χ4v) is 1.02. The van der Waals surface area contributed by atoms with Crippen LogP contribution in [0.25, 0.3) is 0 Å². The van der Waals surface area contributed by atoms with Crippen molar-refractivity contribution in [2.24, 2.45) is 11.7 Å². The monoisotopic (exact) mass is 188 g/mol. The van der Waals surface area contributed by atoms with Crippen molar-refractivity contribution in [3.8, 4) is 0 Å². The highest BCUT2D eigenvalue weighted by atomic mass is 16.5. The molecule has 3 N–H and O–H groups in total. The van der Waals surface area contributed by atoms with Crippen molar-refractivity contribution in [3.63, 3.8) is 0 Å². The number of methoxy groups -OCH3 is 1. The van der Waals surface area contributed by atoms with E-state index in [4.69, 9.17) is 10.5 Å². The molecule has 1 unspecified atom stereocenters. The fraction of sp³-hybridized carbons (Fsp3) is 0.889. The third kappa shape index (κ3) is 6.54. The number of hydrogen-bond acceptors (Lipinski definition) is 3. The fourth-order valence-electron chi connectivity index (χ4n) is 1.02. The maximum atomic E-state index is 11.3. The summed E-state index contributed by atoms with van der Waals surface area (Å²) in [7, 11) is 1.60. The maximum Gasteiger partial charge on any atom is 0.237 e. The lowest BCUT2D eigenvalue weighted by atomic mass is 10.0. The van der Waals surface area contributed by atoms with Crippen LogP contribution in [0.2, 0.25) is 0 Å². The Morgan fingerprint density at radius 1 is 1.54 bits per heavy atom. The lowest BCUT2D eigenvalue weighted by Crippen LogP contribution is -2.42. The van der Waals surface area contributed by atoms with Crippen molar-refractivity contribution in [3.05, 3.63) is 0 Å². The van der Waals surface area contributed by atoms with Gasteiger partial charge >= 0.3 is 0 Å². The molecule has 1 atom stereocenters. The number of rotatable bonds is 6. The molecular formula is C9H20N2O2. The first-order chi connectivity index (χ1) is 6.07. The summed E-state index contributed by atoms with van der Waals surface area (Å²) in [6.45, 7) is 5.14. The summed E-state index contributed by atoms with van der Waals surface area (Å²) < 4.78 is 4.80. The molecule has 0 spiro atoms. The zero-order valence-electron chi connectivity index (χ0n) is 8.67. The van der Waals surface area contributed by atoms with Gasteiger partial charge in [-0.3, -0.25) is 4.79 Å². The third-order valence-electron chi connectivity index (χ3n) is 1.67. The Kier molecular flexibility index (Phi) is 6.54. The molecule has 78 valence electrons. The quantitative estimate of drug-likeness (QED) is 0.582. The number of carbonyl (C=O) groups excluding carboxylic acids is 1. The molecule has 0 saturated carbocycles. The summed E-state index contributed by atoms with van der Waals surface area (Å²) in [5.41, 5.74) is 5.65. The lowest BCUT2D eigenvalue weighted by Gasteiger charge is -2.13. The van der Waals surface area contributed by atoms with Gasteiger partial charge in [-0.2, -0.15) is 0 Å². The predicted octanol–water partition coefficient (Wildman–Crippen LogP) is 0.122. The average Bonchev–Trinajstić information content (AvgIpc) is 2.03. The van der Waals surface area contributed by atoms with Gasteiger partial charge in [-0.15, -0.1) is 0 Å². The van der Waals surface area contributed by atoms with E-state index in [1.807, 2.05) is 13.8 Å². The van der Waals surface area contributed by atoms with Gasteiger partial charge in [-0.05, 0) is 12.3 Å². The van der Waals surface area contributed by atoms with Gasteiger partial charge in [0.15, 0.2) is 0 Å². The summed E-state index contributed by atoms with van der Waals surface area (Å²) in [4.78, 5) is 11.3. The minimum atomic E-state index is -0.392. The molecule has 0 fully saturated rings. The number of nitrogens with two attached hydrogens (primary N) is 1. The molecular weight excluding hydrogens is 168 g/mol. The minimum absolute atomic E-state index is 0.0919. The van der Waals surface area contributed by atoms with Crippen LogP contribution < -0.4 is 11.1 Å². The van der Waals surface area contributed by atoms with Crippen LogP contribution in [0.15, 0.2) is 0 Å². The Morgan fingerprint density at radius 3 is 2.62 bits per heavy atom. The van der Waals surface area contributed by atoms with E-state index in [-0.39, 0.29) is 5.91 Å². The van der Waals surface area contributed by atoms with Crippen molar-refractivity contribution in [1.29, 1.82) is 0 Å². The van der Waals surface area contributed by atoms with Gasteiger partial charge in [0.1, 0.15) is 0 Å². The van der Waals surface area contributed by atoms with Crippen molar-refractivity contribution in [2.75, 3.05) is 20.3 Å². The molecule has 0 saturated heterocycles. The largest absolute Gasteiger partial charge is 0.383 e. The second-order valence-corrected chi connectivity index (χ2v) is 3.52. The summed E-state index contributed by atoms with van der Waals surface area (Å²) >= 11 is 0. The molecule has 0 aliphatic heterocycles. The molecule has 13 heavy (non-hydrogen) atoms. The van der Waals surface area contributed by atoms with Crippen LogP contribution in [0.3, 0.4) is 0 Å². The number of carbonyl (C=O) groups is 1. The van der Waals surface area contributed by atoms with Crippen molar-refractivity contribution >= 4 is 5.91 Å². The Balaban J connectivity index is 3.57. The first-order valence-corrected chi connectivity index (χ1v) is 4.60. The lowest BCUT2D eigenvalue weighted by molar-refractivity contribution is -0.122. The van der Waals surface area contributed by atoms with Crippen LogP contribution >= 0.6 is 0 Å². The van der Waals surface area contributed by atoms with E-state index in [1.54, 1.807) is 7.11 Å². The van der Waals surface area contributed by atoms with E-state index < -0.39 is 6.04 Å². The SMILES string of the molecule is COCCNC(=O)C(N)CC(C)C. The number of nitrogens with one attached hydrogen (secondary N) is 1. The molecule has 0 rings (SSSR count). The Morgan fingerprint density at radius 2 is 2.15 bits per heavy atom. The highest BCUT2D eigenvalue weighted by Crippen LogP contribution is 2.01. The van der Waals surface area contributed by atoms with E-state index in [0.717, 1.165) is 6.42 Å². The van der Waals surface area contributed by atoms with Crippen LogP contribution in [0.5, 0.6) is 0 Å². The van der Waals surface area contributed by atoms with Crippen LogP contribution in [0.1, 0.15) is 20.3 Å². The van der Waals surface area contributed by atoms with E-state index >= 15 is 0 Å². The van der Waals surface area contributed by atoms with E-state index in [9.17, 15) is 4.79 Å². The second-order valence-electron chi connectivity index (χ2n) is 3.52. The standard InChI is InChI=1S/C9H20N2O2/c1-7(2)6-8(10)9(12)11-4-5-13-3/h7-8H,4-6,10H2,1-3H3,(H,11,12). The molecule has 0 radical (unpaired) electrons.